The third-order valence-corrected chi connectivity index (χ3v) is 5.11. The van der Waals surface area contributed by atoms with Crippen molar-refractivity contribution < 1.29 is 14.3 Å². The van der Waals surface area contributed by atoms with Crippen molar-refractivity contribution >= 4 is 22.9 Å². The fourth-order valence-corrected chi connectivity index (χ4v) is 3.42. The van der Waals surface area contributed by atoms with Gasteiger partial charge in [-0.2, -0.15) is 10.4 Å². The first kappa shape index (κ1) is 21.6. The number of nitrogens with zero attached hydrogens (tertiary/aromatic N) is 2. The number of amides is 1. The van der Waals surface area contributed by atoms with Crippen LogP contribution in [0.25, 0.3) is 21.9 Å². The van der Waals surface area contributed by atoms with Gasteiger partial charge >= 0.3 is 0 Å². The summed E-state index contributed by atoms with van der Waals surface area (Å²) in [7, 11) is 1.60. The van der Waals surface area contributed by atoms with E-state index in [-0.39, 0.29) is 12.5 Å². The molecule has 0 saturated carbocycles. The molecule has 4 aromatic rings. The van der Waals surface area contributed by atoms with E-state index in [4.69, 9.17) is 14.7 Å². The minimum atomic E-state index is -0.373. The largest absolute Gasteiger partial charge is 0.496 e. The quantitative estimate of drug-likeness (QED) is 0.330. The van der Waals surface area contributed by atoms with Crippen molar-refractivity contribution in [2.45, 2.75) is 0 Å². The first-order chi connectivity index (χ1) is 16.2. The van der Waals surface area contributed by atoms with E-state index in [0.29, 0.717) is 17.1 Å². The number of ether oxygens (including phenoxy) is 2. The van der Waals surface area contributed by atoms with Crippen molar-refractivity contribution in [1.82, 2.24) is 5.43 Å². The van der Waals surface area contributed by atoms with E-state index in [1.165, 1.54) is 0 Å². The zero-order chi connectivity index (χ0) is 23.0. The van der Waals surface area contributed by atoms with E-state index in [1.807, 2.05) is 60.7 Å². The van der Waals surface area contributed by atoms with Crippen LogP contribution in [0.3, 0.4) is 0 Å². The molecule has 4 aromatic carbocycles. The van der Waals surface area contributed by atoms with Gasteiger partial charge in [0.05, 0.1) is 25.0 Å². The van der Waals surface area contributed by atoms with Crippen molar-refractivity contribution in [1.29, 1.82) is 5.26 Å². The number of fused-ring (bicyclic) bond motifs is 1. The number of carbonyl (C=O) groups is 1. The first-order valence-electron chi connectivity index (χ1n) is 10.3. The van der Waals surface area contributed by atoms with Gasteiger partial charge in [-0.05, 0) is 52.2 Å². The number of carbonyl (C=O) groups excluding carboxylic acids is 1. The number of rotatable bonds is 7. The minimum Gasteiger partial charge on any atom is -0.496 e. The molecule has 1 N–H and O–H groups in total. The summed E-state index contributed by atoms with van der Waals surface area (Å²) < 4.78 is 11.0. The van der Waals surface area contributed by atoms with Crippen LogP contribution >= 0.6 is 0 Å². The van der Waals surface area contributed by atoms with E-state index < -0.39 is 0 Å². The number of hydrazone groups is 1. The monoisotopic (exact) mass is 435 g/mol. The van der Waals surface area contributed by atoms with Crippen LogP contribution in [0.1, 0.15) is 11.1 Å². The van der Waals surface area contributed by atoms with Crippen molar-refractivity contribution in [2.24, 2.45) is 5.10 Å². The first-order valence-corrected chi connectivity index (χ1v) is 10.3. The van der Waals surface area contributed by atoms with Gasteiger partial charge in [-0.15, -0.1) is 0 Å². The molecule has 0 fully saturated rings. The van der Waals surface area contributed by atoms with Crippen molar-refractivity contribution in [3.63, 3.8) is 0 Å². The summed E-state index contributed by atoms with van der Waals surface area (Å²) in [5.74, 6) is 0.870. The summed E-state index contributed by atoms with van der Waals surface area (Å²) in [4.78, 5) is 12.2. The molecule has 6 nitrogen and oxygen atoms in total. The number of hydrogen-bond donors (Lipinski definition) is 1. The number of benzene rings is 4. The number of nitriles is 1. The third kappa shape index (κ3) is 5.17. The highest BCUT2D eigenvalue weighted by molar-refractivity contribution is 6.02. The molecule has 0 aliphatic rings. The molecular weight excluding hydrogens is 414 g/mol. The molecule has 6 heteroatoms. The Bertz CT molecular complexity index is 1340. The second-order valence-corrected chi connectivity index (χ2v) is 7.20. The Morgan fingerprint density at radius 2 is 1.67 bits per heavy atom. The van der Waals surface area contributed by atoms with Crippen LogP contribution in [0.2, 0.25) is 0 Å². The van der Waals surface area contributed by atoms with Crippen LogP contribution < -0.4 is 14.9 Å². The number of nitrogens with one attached hydrogen (secondary N) is 1. The molecule has 162 valence electrons. The molecule has 4 rings (SSSR count). The van der Waals surface area contributed by atoms with Gasteiger partial charge in [0, 0.05) is 5.56 Å². The number of hydrogen-bond acceptors (Lipinski definition) is 5. The molecule has 1 amide bonds. The Balaban J connectivity index is 1.35. The van der Waals surface area contributed by atoms with E-state index in [2.05, 4.69) is 16.6 Å². The van der Waals surface area contributed by atoms with Gasteiger partial charge in [-0.25, -0.2) is 5.43 Å². The second-order valence-electron chi connectivity index (χ2n) is 7.20. The SMILES string of the molecule is COc1ccc2ccccc2c1C=NNC(=O)COc1ccc(-c2ccc(C#N)cc2)cc1. The van der Waals surface area contributed by atoms with Crippen molar-refractivity contribution in [3.8, 4) is 28.7 Å². The summed E-state index contributed by atoms with van der Waals surface area (Å²) >= 11 is 0. The lowest BCUT2D eigenvalue weighted by Gasteiger charge is -2.09. The van der Waals surface area contributed by atoms with Gasteiger partial charge in [-0.1, -0.05) is 54.6 Å². The van der Waals surface area contributed by atoms with Crippen LogP contribution in [0.5, 0.6) is 11.5 Å². The average Bonchev–Trinajstić information content (AvgIpc) is 2.88. The highest BCUT2D eigenvalue weighted by atomic mass is 16.5. The summed E-state index contributed by atoms with van der Waals surface area (Å²) in [5, 5.41) is 15.0. The maximum absolute atomic E-state index is 12.2. The topological polar surface area (TPSA) is 83.7 Å². The van der Waals surface area contributed by atoms with Gasteiger partial charge in [-0.3, -0.25) is 4.79 Å². The van der Waals surface area contributed by atoms with Crippen LogP contribution in [-0.4, -0.2) is 25.8 Å². The van der Waals surface area contributed by atoms with Crippen LogP contribution in [0, 0.1) is 11.3 Å². The Hall–Kier alpha value is -4.63. The van der Waals surface area contributed by atoms with Crippen molar-refractivity contribution in [2.75, 3.05) is 13.7 Å². The van der Waals surface area contributed by atoms with Gasteiger partial charge in [0.25, 0.3) is 5.91 Å². The van der Waals surface area contributed by atoms with Crippen molar-refractivity contribution in [3.05, 3.63) is 96.1 Å². The lowest BCUT2D eigenvalue weighted by atomic mass is 10.0. The molecule has 0 saturated heterocycles. The average molecular weight is 435 g/mol. The summed E-state index contributed by atoms with van der Waals surface area (Å²) in [6.07, 6.45) is 1.57. The van der Waals surface area contributed by atoms with Crippen LogP contribution in [-0.2, 0) is 4.79 Å². The number of methoxy groups -OCH3 is 1. The summed E-state index contributed by atoms with van der Waals surface area (Å²) in [6, 6.07) is 28.6. The molecule has 0 unspecified atom stereocenters. The fraction of sp³-hybridized carbons (Fsp3) is 0.0741. The standard InChI is InChI=1S/C27H21N3O3/c1-32-26-15-12-22-4-2-3-5-24(22)25(26)17-29-30-27(31)18-33-23-13-10-21(11-14-23)20-8-6-19(16-28)7-9-20/h2-15,17H,18H2,1H3,(H,30,31). The predicted molar refractivity (Wildman–Crippen MR) is 128 cm³/mol. The Labute approximate surface area is 191 Å². The van der Waals surface area contributed by atoms with E-state index in [0.717, 1.165) is 27.5 Å². The maximum Gasteiger partial charge on any atom is 0.277 e. The molecule has 0 spiro atoms. The molecule has 0 atom stereocenters. The lowest BCUT2D eigenvalue weighted by Crippen LogP contribution is -2.24. The van der Waals surface area contributed by atoms with Gasteiger partial charge in [0.1, 0.15) is 11.5 Å². The molecular formula is C27H21N3O3. The smallest absolute Gasteiger partial charge is 0.277 e. The lowest BCUT2D eigenvalue weighted by molar-refractivity contribution is -0.123. The Kier molecular flexibility index (Phi) is 6.62. The van der Waals surface area contributed by atoms with E-state index in [1.54, 1.807) is 37.6 Å². The third-order valence-electron chi connectivity index (χ3n) is 5.11. The molecule has 0 aromatic heterocycles. The van der Waals surface area contributed by atoms with Crippen LogP contribution in [0.4, 0.5) is 0 Å². The normalized spacial score (nSPS) is 10.7. The molecule has 0 aliphatic carbocycles. The van der Waals surface area contributed by atoms with Gasteiger partial charge < -0.3 is 9.47 Å². The minimum absolute atomic E-state index is 0.166. The van der Waals surface area contributed by atoms with Crippen LogP contribution in [0.15, 0.2) is 90.0 Å². The predicted octanol–water partition coefficient (Wildman–Crippen LogP) is 4.92. The fourth-order valence-electron chi connectivity index (χ4n) is 3.42. The molecule has 0 heterocycles. The molecule has 0 aliphatic heterocycles. The Morgan fingerprint density at radius 3 is 2.36 bits per heavy atom. The molecule has 0 radical (unpaired) electrons. The highest BCUT2D eigenvalue weighted by Gasteiger charge is 2.07. The second kappa shape index (κ2) is 10.1. The van der Waals surface area contributed by atoms with E-state index >= 15 is 0 Å². The zero-order valence-electron chi connectivity index (χ0n) is 18.0. The van der Waals surface area contributed by atoms with E-state index in [9.17, 15) is 4.79 Å². The summed E-state index contributed by atoms with van der Waals surface area (Å²) in [5.41, 5.74) is 5.88. The van der Waals surface area contributed by atoms with Gasteiger partial charge in [0.2, 0.25) is 0 Å². The Morgan fingerprint density at radius 1 is 0.970 bits per heavy atom. The molecule has 33 heavy (non-hydrogen) atoms. The molecule has 0 bridgehead atoms. The highest BCUT2D eigenvalue weighted by Crippen LogP contribution is 2.26. The zero-order valence-corrected chi connectivity index (χ0v) is 18.0. The summed E-state index contributed by atoms with van der Waals surface area (Å²) in [6.45, 7) is -0.166. The maximum atomic E-state index is 12.2. The van der Waals surface area contributed by atoms with Gasteiger partial charge in [0.15, 0.2) is 6.61 Å².